The average Bonchev–Trinajstić information content (AvgIpc) is 2.53. The number of nitrogens with one attached hydrogen (secondary N) is 2. The summed E-state index contributed by atoms with van der Waals surface area (Å²) in [7, 11) is 0. The number of nitriles is 1. The zero-order valence-electron chi connectivity index (χ0n) is 7.67. The summed E-state index contributed by atoms with van der Waals surface area (Å²) in [6.45, 7) is 0. The van der Waals surface area contributed by atoms with Gasteiger partial charge in [0.2, 0.25) is 5.91 Å². The normalized spacial score (nSPS) is 29.5. The SMILES string of the molecule is N#CC1C(=O)NC(=O)NC12CCCC2. The summed E-state index contributed by atoms with van der Waals surface area (Å²) < 4.78 is 0. The van der Waals surface area contributed by atoms with E-state index in [4.69, 9.17) is 5.26 Å². The molecular weight excluding hydrogens is 182 g/mol. The number of carbonyl (C=O) groups excluding carboxylic acids is 2. The van der Waals surface area contributed by atoms with E-state index in [0.29, 0.717) is 0 Å². The van der Waals surface area contributed by atoms with Crippen molar-refractivity contribution < 1.29 is 9.59 Å². The van der Waals surface area contributed by atoms with E-state index >= 15 is 0 Å². The molecule has 1 unspecified atom stereocenters. The lowest BCUT2D eigenvalue weighted by Crippen LogP contribution is -2.64. The maximum atomic E-state index is 11.4. The standard InChI is InChI=1S/C9H11N3O2/c10-5-6-7(13)11-8(14)12-9(6)3-1-2-4-9/h6H,1-4H2,(H2,11,12,13,14). The highest BCUT2D eigenvalue weighted by Gasteiger charge is 2.49. The smallest absolute Gasteiger partial charge is 0.321 e. The number of hydrogen-bond acceptors (Lipinski definition) is 3. The van der Waals surface area contributed by atoms with Gasteiger partial charge in [-0.1, -0.05) is 12.8 Å². The van der Waals surface area contributed by atoms with Gasteiger partial charge in [-0.15, -0.1) is 0 Å². The van der Waals surface area contributed by atoms with Crippen LogP contribution in [0.4, 0.5) is 4.79 Å². The molecule has 5 heteroatoms. The molecule has 1 spiro atoms. The van der Waals surface area contributed by atoms with Crippen LogP contribution in [0.25, 0.3) is 0 Å². The third kappa shape index (κ3) is 1.15. The summed E-state index contributed by atoms with van der Waals surface area (Å²) in [5.41, 5.74) is -0.589. The summed E-state index contributed by atoms with van der Waals surface area (Å²) in [5.74, 6) is -1.19. The molecular formula is C9H11N3O2. The summed E-state index contributed by atoms with van der Waals surface area (Å²) in [6, 6.07) is 1.51. The van der Waals surface area contributed by atoms with Gasteiger partial charge in [-0.25, -0.2) is 4.79 Å². The Balaban J connectivity index is 2.32. The van der Waals surface area contributed by atoms with Crippen LogP contribution in [0.5, 0.6) is 0 Å². The van der Waals surface area contributed by atoms with Crippen LogP contribution < -0.4 is 10.6 Å². The number of amides is 3. The molecule has 0 aromatic heterocycles. The van der Waals surface area contributed by atoms with E-state index in [0.717, 1.165) is 25.7 Å². The fraction of sp³-hybridized carbons (Fsp3) is 0.667. The fourth-order valence-electron chi connectivity index (χ4n) is 2.37. The first kappa shape index (κ1) is 9.00. The quantitative estimate of drug-likeness (QED) is 0.579. The van der Waals surface area contributed by atoms with E-state index in [-0.39, 0.29) is 0 Å². The fourth-order valence-corrected chi connectivity index (χ4v) is 2.37. The molecule has 1 aliphatic heterocycles. The molecule has 0 aromatic rings. The average molecular weight is 193 g/mol. The second-order valence-corrected chi connectivity index (χ2v) is 3.87. The van der Waals surface area contributed by atoms with Crippen molar-refractivity contribution in [1.29, 1.82) is 5.26 Å². The van der Waals surface area contributed by atoms with E-state index < -0.39 is 23.4 Å². The summed E-state index contributed by atoms with van der Waals surface area (Å²) >= 11 is 0. The van der Waals surface area contributed by atoms with Crippen LogP contribution in [0.3, 0.4) is 0 Å². The van der Waals surface area contributed by atoms with Crippen LogP contribution >= 0.6 is 0 Å². The van der Waals surface area contributed by atoms with Crippen molar-refractivity contribution in [2.45, 2.75) is 31.2 Å². The predicted octanol–water partition coefficient (Wildman–Crippen LogP) is 0.278. The minimum Gasteiger partial charge on any atom is -0.330 e. The lowest BCUT2D eigenvalue weighted by molar-refractivity contribution is -0.125. The van der Waals surface area contributed by atoms with E-state index in [1.54, 1.807) is 0 Å². The Morgan fingerprint density at radius 1 is 1.36 bits per heavy atom. The lowest BCUT2D eigenvalue weighted by atomic mass is 9.81. The number of rotatable bonds is 0. The summed E-state index contributed by atoms with van der Waals surface area (Å²) in [5, 5.41) is 13.8. The topological polar surface area (TPSA) is 82.0 Å². The van der Waals surface area contributed by atoms with E-state index in [9.17, 15) is 9.59 Å². The van der Waals surface area contributed by atoms with Gasteiger partial charge in [0.05, 0.1) is 11.6 Å². The van der Waals surface area contributed by atoms with Gasteiger partial charge in [0, 0.05) is 0 Å². The van der Waals surface area contributed by atoms with Crippen LogP contribution in [0.1, 0.15) is 25.7 Å². The van der Waals surface area contributed by atoms with Crippen molar-refractivity contribution in [3.8, 4) is 6.07 Å². The maximum Gasteiger partial charge on any atom is 0.321 e. The third-order valence-electron chi connectivity index (χ3n) is 3.04. The number of carbonyl (C=O) groups is 2. The summed E-state index contributed by atoms with van der Waals surface area (Å²) in [4.78, 5) is 22.5. The summed E-state index contributed by atoms with van der Waals surface area (Å²) in [6.07, 6.45) is 3.38. The Hall–Kier alpha value is -1.57. The highest BCUT2D eigenvalue weighted by atomic mass is 16.2. The number of hydrogen-bond donors (Lipinski definition) is 2. The predicted molar refractivity (Wildman–Crippen MR) is 47.0 cm³/mol. The van der Waals surface area contributed by atoms with Crippen LogP contribution in [-0.4, -0.2) is 17.5 Å². The minimum atomic E-state index is -0.734. The molecule has 0 bridgehead atoms. The van der Waals surface area contributed by atoms with Crippen molar-refractivity contribution in [3.05, 3.63) is 0 Å². The molecule has 2 aliphatic rings. The minimum absolute atomic E-state index is 0.460. The molecule has 1 saturated carbocycles. The van der Waals surface area contributed by atoms with Gasteiger partial charge in [-0.05, 0) is 12.8 Å². The molecule has 3 amide bonds. The lowest BCUT2D eigenvalue weighted by Gasteiger charge is -2.37. The first-order valence-corrected chi connectivity index (χ1v) is 4.70. The van der Waals surface area contributed by atoms with Crippen LogP contribution in [0.2, 0.25) is 0 Å². The molecule has 1 atom stereocenters. The van der Waals surface area contributed by atoms with Gasteiger partial charge in [-0.3, -0.25) is 10.1 Å². The zero-order valence-corrected chi connectivity index (χ0v) is 7.67. The van der Waals surface area contributed by atoms with Crippen LogP contribution in [0, 0.1) is 17.2 Å². The molecule has 2 fully saturated rings. The van der Waals surface area contributed by atoms with E-state index in [1.807, 2.05) is 6.07 Å². The highest BCUT2D eigenvalue weighted by molar-refractivity contribution is 6.00. The molecule has 0 aromatic carbocycles. The molecule has 0 radical (unpaired) electrons. The van der Waals surface area contributed by atoms with E-state index in [2.05, 4.69) is 10.6 Å². The van der Waals surface area contributed by atoms with Gasteiger partial charge in [-0.2, -0.15) is 5.26 Å². The zero-order chi connectivity index (χ0) is 10.2. The second-order valence-electron chi connectivity index (χ2n) is 3.87. The van der Waals surface area contributed by atoms with Gasteiger partial charge in [0.25, 0.3) is 0 Å². The molecule has 1 saturated heterocycles. The molecule has 5 nitrogen and oxygen atoms in total. The maximum absolute atomic E-state index is 11.4. The van der Waals surface area contributed by atoms with Gasteiger partial charge >= 0.3 is 6.03 Å². The van der Waals surface area contributed by atoms with Crippen LogP contribution in [-0.2, 0) is 4.79 Å². The van der Waals surface area contributed by atoms with Gasteiger partial charge in [0.1, 0.15) is 5.92 Å². The first-order chi connectivity index (χ1) is 6.68. The Morgan fingerprint density at radius 2 is 2.00 bits per heavy atom. The van der Waals surface area contributed by atoms with Gasteiger partial charge in [0.15, 0.2) is 0 Å². The Labute approximate surface area is 81.5 Å². The molecule has 1 aliphatic carbocycles. The number of nitrogens with zero attached hydrogens (tertiary/aromatic N) is 1. The number of urea groups is 1. The van der Waals surface area contributed by atoms with Crippen molar-refractivity contribution in [2.24, 2.45) is 5.92 Å². The monoisotopic (exact) mass is 193 g/mol. The molecule has 1 heterocycles. The Morgan fingerprint density at radius 3 is 2.57 bits per heavy atom. The van der Waals surface area contributed by atoms with Crippen molar-refractivity contribution in [2.75, 3.05) is 0 Å². The molecule has 2 rings (SSSR count). The number of imide groups is 1. The van der Waals surface area contributed by atoms with Gasteiger partial charge < -0.3 is 5.32 Å². The van der Waals surface area contributed by atoms with Crippen molar-refractivity contribution in [1.82, 2.24) is 10.6 Å². The molecule has 14 heavy (non-hydrogen) atoms. The molecule has 74 valence electrons. The highest BCUT2D eigenvalue weighted by Crippen LogP contribution is 2.37. The third-order valence-corrected chi connectivity index (χ3v) is 3.04. The Kier molecular flexibility index (Phi) is 1.92. The molecule has 2 N–H and O–H groups in total. The van der Waals surface area contributed by atoms with E-state index in [1.165, 1.54) is 0 Å². The largest absolute Gasteiger partial charge is 0.330 e. The second kappa shape index (κ2) is 2.98. The van der Waals surface area contributed by atoms with Crippen molar-refractivity contribution in [3.63, 3.8) is 0 Å². The van der Waals surface area contributed by atoms with Crippen molar-refractivity contribution >= 4 is 11.9 Å². The Bertz CT molecular complexity index is 325. The first-order valence-electron chi connectivity index (χ1n) is 4.70. The van der Waals surface area contributed by atoms with Crippen LogP contribution in [0.15, 0.2) is 0 Å².